The van der Waals surface area contributed by atoms with Gasteiger partial charge in [0.25, 0.3) is 0 Å². The van der Waals surface area contributed by atoms with Gasteiger partial charge in [-0.1, -0.05) is 35.9 Å². The van der Waals surface area contributed by atoms with Crippen molar-refractivity contribution >= 4 is 39.9 Å². The summed E-state index contributed by atoms with van der Waals surface area (Å²) in [6, 6.07) is 14.1. The molecule has 3 aliphatic heterocycles. The van der Waals surface area contributed by atoms with Gasteiger partial charge in [0.05, 0.1) is 47.5 Å². The largest absolute Gasteiger partial charge is 0.477 e. The molecule has 2 aromatic carbocycles. The Morgan fingerprint density at radius 2 is 1.92 bits per heavy atom. The van der Waals surface area contributed by atoms with Crippen LogP contribution in [0.3, 0.4) is 0 Å². The van der Waals surface area contributed by atoms with Gasteiger partial charge in [0.15, 0.2) is 0 Å². The Kier molecular flexibility index (Phi) is 5.28. The number of rotatable bonds is 5. The average Bonchev–Trinajstić information content (AvgIpc) is 3.39. The lowest BCUT2D eigenvalue weighted by Gasteiger charge is -2.33. The number of aryl methyl sites for hydroxylation is 1. The Hall–Kier alpha value is -3.58. The van der Waals surface area contributed by atoms with Crippen molar-refractivity contribution in [1.29, 1.82) is 5.26 Å². The Morgan fingerprint density at radius 3 is 2.65 bits per heavy atom. The van der Waals surface area contributed by atoms with Crippen LogP contribution in [0.4, 0.5) is 5.69 Å². The second-order valence-corrected chi connectivity index (χ2v) is 10.4. The number of nitriles is 1. The minimum atomic E-state index is -1.20. The first-order valence-electron chi connectivity index (χ1n) is 12.0. The van der Waals surface area contributed by atoms with Crippen molar-refractivity contribution in [2.45, 2.75) is 44.0 Å². The van der Waals surface area contributed by atoms with Crippen LogP contribution in [0.1, 0.15) is 31.2 Å². The molecule has 188 valence electrons. The Morgan fingerprint density at radius 1 is 1.19 bits per heavy atom. The highest BCUT2D eigenvalue weighted by Crippen LogP contribution is 2.62. The highest BCUT2D eigenvalue weighted by molar-refractivity contribution is 6.29. The maximum Gasteiger partial charge on any atom is 0.240 e. The fraction of sp³-hybridized carbons (Fsp3) is 0.370. The van der Waals surface area contributed by atoms with Crippen LogP contribution in [0, 0.1) is 30.1 Å². The molecule has 3 aromatic rings. The van der Waals surface area contributed by atoms with Crippen LogP contribution in [-0.4, -0.2) is 50.8 Å². The predicted molar refractivity (Wildman–Crippen MR) is 133 cm³/mol. The molecular weight excluding hydrogens is 496 g/mol. The number of hydrogen-bond donors (Lipinski definition) is 1. The number of imide groups is 1. The predicted octanol–water partition coefficient (Wildman–Crippen LogP) is 3.33. The first-order chi connectivity index (χ1) is 17.7. The van der Waals surface area contributed by atoms with E-state index in [0.29, 0.717) is 33.7 Å². The lowest BCUT2D eigenvalue weighted by atomic mass is 9.66. The van der Waals surface area contributed by atoms with Crippen LogP contribution in [0.25, 0.3) is 10.8 Å². The van der Waals surface area contributed by atoms with Crippen LogP contribution < -0.4 is 9.64 Å². The summed E-state index contributed by atoms with van der Waals surface area (Å²) in [7, 11) is 0. The lowest BCUT2D eigenvalue weighted by Crippen LogP contribution is -2.49. The molecule has 0 spiro atoms. The van der Waals surface area contributed by atoms with Crippen LogP contribution in [0.15, 0.2) is 42.5 Å². The molecule has 2 bridgehead atoms. The van der Waals surface area contributed by atoms with Crippen molar-refractivity contribution in [3.05, 3.63) is 59.0 Å². The van der Waals surface area contributed by atoms with Crippen LogP contribution in [0.5, 0.6) is 5.88 Å². The average molecular weight is 519 g/mol. The van der Waals surface area contributed by atoms with E-state index in [4.69, 9.17) is 21.1 Å². The van der Waals surface area contributed by atoms with E-state index in [9.17, 15) is 20.0 Å². The van der Waals surface area contributed by atoms with Gasteiger partial charge in [0, 0.05) is 29.7 Å². The smallest absolute Gasteiger partial charge is 0.240 e. The number of aliphatic hydroxyl groups is 1. The van der Waals surface area contributed by atoms with Gasteiger partial charge in [0.2, 0.25) is 17.7 Å². The molecule has 2 amide bonds. The Labute approximate surface area is 217 Å². The molecular formula is C27H23ClN4O5. The molecule has 3 aliphatic rings. The van der Waals surface area contributed by atoms with Crippen LogP contribution >= 0.6 is 11.6 Å². The van der Waals surface area contributed by atoms with Gasteiger partial charge >= 0.3 is 0 Å². The first-order valence-corrected chi connectivity index (χ1v) is 12.4. The molecule has 37 heavy (non-hydrogen) atoms. The van der Waals surface area contributed by atoms with Crippen molar-refractivity contribution in [3.8, 4) is 11.9 Å². The van der Waals surface area contributed by atoms with E-state index in [0.717, 1.165) is 0 Å². The summed E-state index contributed by atoms with van der Waals surface area (Å²) in [4.78, 5) is 37.2. The van der Waals surface area contributed by atoms with E-state index < -0.39 is 35.0 Å². The highest BCUT2D eigenvalue weighted by Gasteiger charge is 2.77. The van der Waals surface area contributed by atoms with Gasteiger partial charge in [-0.05, 0) is 26.0 Å². The number of nitrogens with zero attached hydrogens (tertiary/aromatic N) is 4. The quantitative estimate of drug-likeness (QED) is 0.402. The van der Waals surface area contributed by atoms with E-state index in [2.05, 4.69) is 16.0 Å². The van der Waals surface area contributed by atoms with Crippen LogP contribution in [-0.2, 0) is 14.3 Å². The third-order valence-electron chi connectivity index (χ3n) is 7.94. The summed E-state index contributed by atoms with van der Waals surface area (Å²) in [5.74, 6) is -1.64. The minimum absolute atomic E-state index is 0.139. The van der Waals surface area contributed by atoms with E-state index in [1.165, 1.54) is 11.0 Å². The maximum atomic E-state index is 14.0. The number of carbonyl (C=O) groups is 2. The number of halogens is 1. The zero-order valence-electron chi connectivity index (χ0n) is 20.1. The summed E-state index contributed by atoms with van der Waals surface area (Å²) < 4.78 is 12.2. The fourth-order valence-corrected chi connectivity index (χ4v) is 6.56. The summed E-state index contributed by atoms with van der Waals surface area (Å²) in [6.07, 6.45) is -0.444. The Balaban J connectivity index is 1.35. The molecule has 0 radical (unpaired) electrons. The van der Waals surface area contributed by atoms with Gasteiger partial charge in [-0.25, -0.2) is 9.88 Å². The summed E-state index contributed by atoms with van der Waals surface area (Å²) in [6.45, 7) is 3.54. The van der Waals surface area contributed by atoms with E-state index in [-0.39, 0.29) is 30.5 Å². The van der Waals surface area contributed by atoms with Gasteiger partial charge in [0.1, 0.15) is 16.6 Å². The molecule has 10 heteroatoms. The monoisotopic (exact) mass is 518 g/mol. The summed E-state index contributed by atoms with van der Waals surface area (Å²) in [5.41, 5.74) is -1.40. The molecule has 0 saturated carbocycles. The molecule has 1 N–H and O–H groups in total. The molecule has 6 rings (SSSR count). The fourth-order valence-electron chi connectivity index (χ4n) is 6.35. The number of hydrogen-bond acceptors (Lipinski definition) is 8. The highest BCUT2D eigenvalue weighted by atomic mass is 35.5. The molecule has 4 heterocycles. The number of carbonyl (C=O) groups excluding carboxylic acids is 2. The van der Waals surface area contributed by atoms with Gasteiger partial charge in [-0.3, -0.25) is 9.59 Å². The number of ether oxygens (including phenoxy) is 2. The van der Waals surface area contributed by atoms with E-state index >= 15 is 0 Å². The molecule has 0 aliphatic carbocycles. The second-order valence-electron chi connectivity index (χ2n) is 10.0. The lowest BCUT2D eigenvalue weighted by molar-refractivity contribution is -0.134. The number of fused-ring (bicyclic) bond motifs is 6. The molecule has 3 fully saturated rings. The van der Waals surface area contributed by atoms with E-state index in [1.807, 2.05) is 6.07 Å². The number of benzene rings is 2. The van der Waals surface area contributed by atoms with Crippen molar-refractivity contribution in [2.75, 3.05) is 11.5 Å². The summed E-state index contributed by atoms with van der Waals surface area (Å²) in [5, 5.41) is 22.0. The minimum Gasteiger partial charge on any atom is -0.477 e. The third-order valence-corrected chi connectivity index (χ3v) is 8.13. The zero-order chi connectivity index (χ0) is 26.1. The molecule has 3 saturated heterocycles. The number of aliphatic hydroxyl groups excluding tert-OH is 1. The number of aromatic nitrogens is 2. The Bertz CT molecular complexity index is 1500. The third kappa shape index (κ3) is 3.37. The van der Waals surface area contributed by atoms with Crippen molar-refractivity contribution < 1.29 is 24.2 Å². The summed E-state index contributed by atoms with van der Waals surface area (Å²) >= 11 is 6.00. The second kappa shape index (κ2) is 8.21. The van der Waals surface area contributed by atoms with Gasteiger partial charge in [-0.2, -0.15) is 10.2 Å². The van der Waals surface area contributed by atoms with E-state index in [1.54, 1.807) is 44.2 Å². The molecule has 5 atom stereocenters. The number of amides is 2. The number of anilines is 1. The topological polar surface area (TPSA) is 126 Å². The van der Waals surface area contributed by atoms with Crippen molar-refractivity contribution in [3.63, 3.8) is 0 Å². The molecule has 9 nitrogen and oxygen atoms in total. The van der Waals surface area contributed by atoms with Crippen molar-refractivity contribution in [1.82, 2.24) is 9.97 Å². The normalized spacial score (nSPS) is 30.1. The molecule has 0 unspecified atom stereocenters. The van der Waals surface area contributed by atoms with Crippen molar-refractivity contribution in [2.24, 2.45) is 11.8 Å². The maximum absolute atomic E-state index is 14.0. The molecule has 1 aromatic heterocycles. The SMILES string of the molecule is Cc1nc(Cl)cc(OCC[C@@]23C[C@@H](O)[C@@](C)(O2)[C@H]2C(=O)N(c4ccc(C#N)c5ccccc45)C(=O)[C@H]23)n1. The first kappa shape index (κ1) is 23.8. The van der Waals surface area contributed by atoms with Gasteiger partial charge < -0.3 is 14.6 Å². The zero-order valence-corrected chi connectivity index (χ0v) is 20.9. The van der Waals surface area contributed by atoms with Gasteiger partial charge in [-0.15, -0.1) is 0 Å². The standard InChI is InChI=1S/C27H23ClN4O5/c1-14-30-20(28)11-21(31-14)36-10-9-27-12-19(33)26(2,37-27)22-23(27)25(35)32(24(22)34)18-8-7-15(13-29)16-5-3-4-6-17(16)18/h3-8,11,19,22-23,33H,9-10,12H2,1-2H3/t19-,22-,23+,26-,27+/m1/s1. The van der Waals surface area contributed by atoms with Crippen LogP contribution in [0.2, 0.25) is 5.15 Å².